The highest BCUT2D eigenvalue weighted by Gasteiger charge is 2.66. The molecule has 2 aliphatic carbocycles. The average Bonchev–Trinajstić information content (AvgIpc) is 2.87. The Labute approximate surface area is 137 Å². The molecule has 0 amide bonds. The van der Waals surface area contributed by atoms with Crippen LogP contribution in [0.15, 0.2) is 35.5 Å². The molecule has 1 aromatic carbocycles. The van der Waals surface area contributed by atoms with Crippen LogP contribution in [-0.2, 0) is 16.6 Å². The standard InChI is InChI=1S/C17H24N2O3S/c1-16(2)14-8-9-17(16,15(10-14)19-20)12-23(21,22)18-11-13-6-4-3-5-7-13/h3-7,14-15,18H,8-12H2,1-2H3. The van der Waals surface area contributed by atoms with Crippen molar-refractivity contribution in [2.75, 3.05) is 5.75 Å². The van der Waals surface area contributed by atoms with Crippen LogP contribution in [0.3, 0.4) is 0 Å². The number of rotatable bonds is 6. The fourth-order valence-electron chi connectivity index (χ4n) is 4.70. The second-order valence-corrected chi connectivity index (χ2v) is 9.34. The van der Waals surface area contributed by atoms with Gasteiger partial charge >= 0.3 is 0 Å². The lowest BCUT2D eigenvalue weighted by molar-refractivity contribution is 0.139. The third-order valence-electron chi connectivity index (χ3n) is 6.30. The zero-order valence-electron chi connectivity index (χ0n) is 13.7. The molecule has 0 aromatic heterocycles. The lowest BCUT2D eigenvalue weighted by Crippen LogP contribution is -2.46. The Kier molecular flexibility index (Phi) is 4.09. The molecule has 0 spiro atoms. The molecular weight excluding hydrogens is 312 g/mol. The molecule has 3 rings (SSSR count). The maximum Gasteiger partial charge on any atom is 0.212 e. The number of nitroso groups, excluding NO2 is 1. The third kappa shape index (κ3) is 2.72. The number of fused-ring (bicyclic) bond motifs is 2. The van der Waals surface area contributed by atoms with Gasteiger partial charge in [0.15, 0.2) is 0 Å². The Bertz CT molecular complexity index is 687. The maximum atomic E-state index is 12.6. The van der Waals surface area contributed by atoms with Crippen LogP contribution < -0.4 is 4.72 Å². The van der Waals surface area contributed by atoms with Gasteiger partial charge in [0.05, 0.1) is 11.8 Å². The first-order valence-corrected chi connectivity index (χ1v) is 9.80. The molecule has 2 bridgehead atoms. The van der Waals surface area contributed by atoms with Crippen LogP contribution in [0.1, 0.15) is 38.7 Å². The predicted octanol–water partition coefficient (Wildman–Crippen LogP) is 3.07. The third-order valence-corrected chi connectivity index (χ3v) is 7.78. The molecule has 1 N–H and O–H groups in total. The molecule has 0 radical (unpaired) electrons. The lowest BCUT2D eigenvalue weighted by Gasteiger charge is -2.39. The van der Waals surface area contributed by atoms with Crippen LogP contribution in [0.25, 0.3) is 0 Å². The van der Waals surface area contributed by atoms with Crippen LogP contribution in [0.5, 0.6) is 0 Å². The number of hydrogen-bond donors (Lipinski definition) is 1. The molecule has 1 aromatic rings. The first-order valence-electron chi connectivity index (χ1n) is 8.14. The van der Waals surface area contributed by atoms with Crippen LogP contribution in [-0.4, -0.2) is 20.2 Å². The maximum absolute atomic E-state index is 12.6. The van der Waals surface area contributed by atoms with E-state index in [0.29, 0.717) is 5.92 Å². The van der Waals surface area contributed by atoms with Crippen LogP contribution in [0, 0.1) is 21.7 Å². The zero-order valence-corrected chi connectivity index (χ0v) is 14.5. The van der Waals surface area contributed by atoms with Gasteiger partial charge < -0.3 is 0 Å². The van der Waals surface area contributed by atoms with Gasteiger partial charge in [0.1, 0.15) is 0 Å². The van der Waals surface area contributed by atoms with E-state index in [9.17, 15) is 13.3 Å². The molecular formula is C17H24N2O3S. The summed E-state index contributed by atoms with van der Waals surface area (Å²) < 4.78 is 28.0. The molecule has 3 unspecified atom stereocenters. The van der Waals surface area contributed by atoms with E-state index in [0.717, 1.165) is 24.8 Å². The van der Waals surface area contributed by atoms with E-state index in [1.165, 1.54) is 0 Å². The fourth-order valence-corrected chi connectivity index (χ4v) is 6.58. The highest BCUT2D eigenvalue weighted by molar-refractivity contribution is 7.89. The largest absolute Gasteiger partial charge is 0.212 e. The average molecular weight is 336 g/mol. The molecule has 2 fully saturated rings. The Hall–Kier alpha value is -1.27. The van der Waals surface area contributed by atoms with Crippen molar-refractivity contribution in [1.29, 1.82) is 0 Å². The van der Waals surface area contributed by atoms with E-state index in [2.05, 4.69) is 23.7 Å². The summed E-state index contributed by atoms with van der Waals surface area (Å²) in [6.07, 6.45) is 2.49. The number of nitrogens with zero attached hydrogens (tertiary/aromatic N) is 1. The number of hydrogen-bond acceptors (Lipinski definition) is 4. The van der Waals surface area contributed by atoms with Gasteiger partial charge in [-0.2, -0.15) is 4.91 Å². The Balaban J connectivity index is 1.77. The van der Waals surface area contributed by atoms with Crippen molar-refractivity contribution in [2.45, 2.75) is 45.7 Å². The van der Waals surface area contributed by atoms with Crippen molar-refractivity contribution in [3.8, 4) is 0 Å². The smallest absolute Gasteiger partial charge is 0.212 e. The molecule has 0 aliphatic heterocycles. The molecule has 0 heterocycles. The summed E-state index contributed by atoms with van der Waals surface area (Å²) in [4.78, 5) is 11.3. The van der Waals surface area contributed by atoms with Crippen LogP contribution in [0.2, 0.25) is 0 Å². The molecule has 6 heteroatoms. The molecule has 126 valence electrons. The minimum atomic E-state index is -3.47. The molecule has 5 nitrogen and oxygen atoms in total. The normalized spacial score (nSPS) is 32.1. The van der Waals surface area contributed by atoms with E-state index < -0.39 is 15.4 Å². The summed E-state index contributed by atoms with van der Waals surface area (Å²) in [5, 5.41) is 3.30. The monoisotopic (exact) mass is 336 g/mol. The van der Waals surface area contributed by atoms with Gasteiger partial charge in [-0.3, -0.25) is 0 Å². The number of sulfonamides is 1. The van der Waals surface area contributed by atoms with E-state index >= 15 is 0 Å². The summed E-state index contributed by atoms with van der Waals surface area (Å²) in [5.74, 6) is 0.391. The van der Waals surface area contributed by atoms with Crippen molar-refractivity contribution < 1.29 is 8.42 Å². The van der Waals surface area contributed by atoms with Crippen molar-refractivity contribution >= 4 is 10.0 Å². The topological polar surface area (TPSA) is 75.6 Å². The summed E-state index contributed by atoms with van der Waals surface area (Å²) in [6.45, 7) is 4.48. The second-order valence-electron chi connectivity index (χ2n) is 7.54. The lowest BCUT2D eigenvalue weighted by atomic mass is 9.69. The molecule has 23 heavy (non-hydrogen) atoms. The second kappa shape index (κ2) is 5.67. The van der Waals surface area contributed by atoms with Gasteiger partial charge in [-0.1, -0.05) is 49.4 Å². The minimum Gasteiger partial charge on any atom is -0.212 e. The predicted molar refractivity (Wildman–Crippen MR) is 90.2 cm³/mol. The summed E-state index contributed by atoms with van der Waals surface area (Å²) in [7, 11) is -3.47. The van der Waals surface area contributed by atoms with Crippen molar-refractivity contribution in [1.82, 2.24) is 4.72 Å². The van der Waals surface area contributed by atoms with Crippen LogP contribution in [0.4, 0.5) is 0 Å². The summed E-state index contributed by atoms with van der Waals surface area (Å²) in [6, 6.07) is 9.07. The quantitative estimate of drug-likeness (QED) is 0.811. The highest BCUT2D eigenvalue weighted by Crippen LogP contribution is 2.66. The number of nitrogens with one attached hydrogen (secondary N) is 1. The number of benzene rings is 1. The first-order chi connectivity index (χ1) is 10.8. The molecule has 2 saturated carbocycles. The van der Waals surface area contributed by atoms with Crippen molar-refractivity contribution in [2.24, 2.45) is 21.9 Å². The van der Waals surface area contributed by atoms with Gasteiger partial charge in [-0.25, -0.2) is 13.1 Å². The van der Waals surface area contributed by atoms with Gasteiger partial charge in [0.2, 0.25) is 10.0 Å². The summed E-state index contributed by atoms with van der Waals surface area (Å²) in [5.41, 5.74) is 0.239. The van der Waals surface area contributed by atoms with E-state index in [1.54, 1.807) is 0 Å². The molecule has 0 saturated heterocycles. The van der Waals surface area contributed by atoms with Gasteiger partial charge in [0.25, 0.3) is 0 Å². The Morgan fingerprint density at radius 1 is 1.26 bits per heavy atom. The van der Waals surface area contributed by atoms with Crippen LogP contribution >= 0.6 is 0 Å². The SMILES string of the molecule is CC1(C)C2CCC1(CS(=O)(=O)NCc1ccccc1)C(N=O)C2. The summed E-state index contributed by atoms with van der Waals surface area (Å²) >= 11 is 0. The zero-order chi connectivity index (χ0) is 16.7. The minimum absolute atomic E-state index is 0.00720. The van der Waals surface area contributed by atoms with Gasteiger partial charge in [0, 0.05) is 12.0 Å². The van der Waals surface area contributed by atoms with Crippen molar-refractivity contribution in [3.05, 3.63) is 40.8 Å². The molecule has 3 atom stereocenters. The van der Waals surface area contributed by atoms with Crippen molar-refractivity contribution in [3.63, 3.8) is 0 Å². The van der Waals surface area contributed by atoms with E-state index in [1.807, 2.05) is 30.3 Å². The van der Waals surface area contributed by atoms with Gasteiger partial charge in [-0.15, -0.1) is 0 Å². The van der Waals surface area contributed by atoms with E-state index in [4.69, 9.17) is 0 Å². The Morgan fingerprint density at radius 3 is 2.57 bits per heavy atom. The highest BCUT2D eigenvalue weighted by atomic mass is 32.2. The van der Waals surface area contributed by atoms with E-state index in [-0.39, 0.29) is 23.8 Å². The molecule has 2 aliphatic rings. The first kappa shape index (κ1) is 16.6. The van der Waals surface area contributed by atoms with Gasteiger partial charge in [-0.05, 0) is 36.2 Å². The Morgan fingerprint density at radius 2 is 1.96 bits per heavy atom. The fraction of sp³-hybridized carbons (Fsp3) is 0.647.